The maximum atomic E-state index is 12.6. The van der Waals surface area contributed by atoms with E-state index < -0.39 is 10.0 Å². The zero-order chi connectivity index (χ0) is 18.5. The quantitative estimate of drug-likeness (QED) is 0.805. The molecule has 0 aliphatic heterocycles. The molecule has 2 saturated carbocycles. The number of aryl methyl sites for hydroxylation is 1. The molecule has 1 aromatic rings. The van der Waals surface area contributed by atoms with Gasteiger partial charge >= 0.3 is 0 Å². The normalized spacial score (nSPS) is 37.1. The molecule has 0 radical (unpaired) electrons. The lowest BCUT2D eigenvalue weighted by Gasteiger charge is -2.52. The third-order valence-corrected chi connectivity index (χ3v) is 8.63. The van der Waals surface area contributed by atoms with Crippen molar-refractivity contribution in [1.82, 2.24) is 4.83 Å². The van der Waals surface area contributed by atoms with Crippen LogP contribution in [-0.2, 0) is 10.0 Å². The molecule has 5 heteroatoms. The molecule has 2 aliphatic rings. The number of hydrogen-bond acceptors (Lipinski definition) is 3. The average Bonchev–Trinajstić information content (AvgIpc) is 2.81. The highest BCUT2D eigenvalue weighted by atomic mass is 32.2. The first-order chi connectivity index (χ1) is 11.6. The molecule has 4 atom stereocenters. The molecule has 1 N–H and O–H groups in total. The summed E-state index contributed by atoms with van der Waals surface area (Å²) < 4.78 is 25.2. The molecule has 0 spiro atoms. The second-order valence-corrected chi connectivity index (χ2v) is 10.1. The lowest BCUT2D eigenvalue weighted by atomic mass is 9.52. The number of hydrazone groups is 1. The molecule has 3 rings (SSSR count). The molecule has 0 unspecified atom stereocenters. The third-order valence-electron chi connectivity index (χ3n) is 7.40. The molecule has 1 aromatic carbocycles. The number of nitrogens with zero attached hydrogens (tertiary/aromatic N) is 1. The van der Waals surface area contributed by atoms with Gasteiger partial charge in [-0.25, -0.2) is 4.83 Å². The summed E-state index contributed by atoms with van der Waals surface area (Å²) in [5, 5.41) is 4.48. The topological polar surface area (TPSA) is 58.5 Å². The Hall–Kier alpha value is -1.36. The van der Waals surface area contributed by atoms with Gasteiger partial charge in [0, 0.05) is 11.1 Å². The van der Waals surface area contributed by atoms with E-state index in [9.17, 15) is 8.42 Å². The minimum absolute atomic E-state index is 0.0412. The van der Waals surface area contributed by atoms with Crippen molar-refractivity contribution < 1.29 is 8.42 Å². The van der Waals surface area contributed by atoms with Crippen LogP contribution in [-0.4, -0.2) is 14.1 Å². The van der Waals surface area contributed by atoms with E-state index in [0.29, 0.717) is 11.8 Å². The van der Waals surface area contributed by atoms with Crippen molar-refractivity contribution in [3.63, 3.8) is 0 Å². The summed E-state index contributed by atoms with van der Waals surface area (Å²) in [5.74, 6) is 1.15. The first-order valence-electron chi connectivity index (χ1n) is 9.27. The number of hydrogen-bond donors (Lipinski definition) is 1. The van der Waals surface area contributed by atoms with Crippen LogP contribution < -0.4 is 4.83 Å². The van der Waals surface area contributed by atoms with E-state index in [1.54, 1.807) is 24.3 Å². The highest BCUT2D eigenvalue weighted by Gasteiger charge is 2.59. The summed E-state index contributed by atoms with van der Waals surface area (Å²) in [6.45, 7) is 11.2. The first kappa shape index (κ1) is 18.4. The standard InChI is InChI=1S/C20H30N2O2S/c1-14-6-9-17(10-7-14)25(23,24)22-21-18-11-8-15(2)19(4)13-12-16(3)20(18,19)5/h6-7,9-10,15-16,22H,8,11-13H2,1-5H3/b21-18+/t15-,16-,19+,20-/m1/s1. The number of rotatable bonds is 3. The number of nitrogens with one attached hydrogen (secondary N) is 1. The van der Waals surface area contributed by atoms with E-state index >= 15 is 0 Å². The van der Waals surface area contributed by atoms with Gasteiger partial charge in [0.15, 0.2) is 0 Å². The monoisotopic (exact) mass is 362 g/mol. The van der Waals surface area contributed by atoms with E-state index in [-0.39, 0.29) is 15.7 Å². The molecular weight excluding hydrogens is 332 g/mol. The third kappa shape index (κ3) is 2.80. The van der Waals surface area contributed by atoms with Crippen LogP contribution in [0.4, 0.5) is 0 Å². The second-order valence-electron chi connectivity index (χ2n) is 8.47. The minimum Gasteiger partial charge on any atom is -0.200 e. The van der Waals surface area contributed by atoms with Crippen molar-refractivity contribution in [2.24, 2.45) is 27.8 Å². The van der Waals surface area contributed by atoms with Crippen molar-refractivity contribution in [2.75, 3.05) is 0 Å². The Labute approximate surface area is 152 Å². The molecule has 0 aromatic heterocycles. The minimum atomic E-state index is -3.62. The van der Waals surface area contributed by atoms with Gasteiger partial charge in [0.1, 0.15) is 0 Å². The summed E-state index contributed by atoms with van der Waals surface area (Å²) in [6.07, 6.45) is 4.31. The zero-order valence-electron chi connectivity index (χ0n) is 16.0. The van der Waals surface area contributed by atoms with Crippen molar-refractivity contribution >= 4 is 15.7 Å². The van der Waals surface area contributed by atoms with Crippen LogP contribution in [0, 0.1) is 29.6 Å². The Morgan fingerprint density at radius 3 is 2.36 bits per heavy atom. The van der Waals surface area contributed by atoms with Gasteiger partial charge in [-0.05, 0) is 62.0 Å². The van der Waals surface area contributed by atoms with E-state index in [1.807, 2.05) is 6.92 Å². The summed E-state index contributed by atoms with van der Waals surface area (Å²) in [6, 6.07) is 6.87. The van der Waals surface area contributed by atoms with Crippen LogP contribution >= 0.6 is 0 Å². The summed E-state index contributed by atoms with van der Waals surface area (Å²) in [5.41, 5.74) is 2.21. The van der Waals surface area contributed by atoms with Crippen molar-refractivity contribution in [3.05, 3.63) is 29.8 Å². The highest BCUT2D eigenvalue weighted by molar-refractivity contribution is 7.89. The summed E-state index contributed by atoms with van der Waals surface area (Å²) >= 11 is 0. The Balaban J connectivity index is 1.92. The molecular formula is C20H30N2O2S. The van der Waals surface area contributed by atoms with Gasteiger partial charge in [0.2, 0.25) is 0 Å². The highest BCUT2D eigenvalue weighted by Crippen LogP contribution is 2.63. The van der Waals surface area contributed by atoms with Gasteiger partial charge in [-0.3, -0.25) is 0 Å². The van der Waals surface area contributed by atoms with E-state index in [1.165, 1.54) is 12.8 Å². The Morgan fingerprint density at radius 1 is 1.08 bits per heavy atom. The predicted molar refractivity (Wildman–Crippen MR) is 102 cm³/mol. The van der Waals surface area contributed by atoms with Gasteiger partial charge in [0.05, 0.1) is 4.90 Å². The number of sulfonamides is 1. The van der Waals surface area contributed by atoms with Crippen LogP contribution in [0.5, 0.6) is 0 Å². The first-order valence-corrected chi connectivity index (χ1v) is 10.7. The SMILES string of the molecule is Cc1ccc(S(=O)(=O)N/N=C2\CC[C@@H](C)[C@]3(C)CC[C@@H](C)[C@]23C)cc1. The van der Waals surface area contributed by atoms with Crippen LogP contribution in [0.15, 0.2) is 34.3 Å². The van der Waals surface area contributed by atoms with Gasteiger partial charge in [-0.1, -0.05) is 45.4 Å². The molecule has 25 heavy (non-hydrogen) atoms. The molecule has 0 heterocycles. The fourth-order valence-corrected chi connectivity index (χ4v) is 5.82. The number of benzene rings is 1. The Morgan fingerprint density at radius 2 is 1.72 bits per heavy atom. The molecule has 138 valence electrons. The largest absolute Gasteiger partial charge is 0.276 e. The fourth-order valence-electron chi connectivity index (χ4n) is 4.99. The lowest BCUT2D eigenvalue weighted by Crippen LogP contribution is -2.51. The fraction of sp³-hybridized carbons (Fsp3) is 0.650. The second kappa shape index (κ2) is 6.11. The average molecular weight is 363 g/mol. The predicted octanol–water partition coefficient (Wildman–Crippen LogP) is 4.50. The van der Waals surface area contributed by atoms with Crippen molar-refractivity contribution in [2.45, 2.75) is 65.2 Å². The van der Waals surface area contributed by atoms with E-state index in [2.05, 4.69) is 37.6 Å². The Kier molecular flexibility index (Phi) is 4.51. The van der Waals surface area contributed by atoms with Crippen LogP contribution in [0.2, 0.25) is 0 Å². The molecule has 4 nitrogen and oxygen atoms in total. The molecule has 0 amide bonds. The van der Waals surface area contributed by atoms with Crippen LogP contribution in [0.1, 0.15) is 58.9 Å². The summed E-state index contributed by atoms with van der Waals surface area (Å²) in [7, 11) is -3.62. The van der Waals surface area contributed by atoms with E-state index in [4.69, 9.17) is 0 Å². The molecule has 0 bridgehead atoms. The smallest absolute Gasteiger partial charge is 0.200 e. The van der Waals surface area contributed by atoms with Gasteiger partial charge in [-0.15, -0.1) is 0 Å². The molecule has 2 fully saturated rings. The van der Waals surface area contributed by atoms with Crippen LogP contribution in [0.25, 0.3) is 0 Å². The molecule has 2 aliphatic carbocycles. The lowest BCUT2D eigenvalue weighted by molar-refractivity contribution is 0.0588. The van der Waals surface area contributed by atoms with Crippen molar-refractivity contribution in [3.8, 4) is 0 Å². The molecule has 0 saturated heterocycles. The van der Waals surface area contributed by atoms with Crippen molar-refractivity contribution in [1.29, 1.82) is 0 Å². The van der Waals surface area contributed by atoms with Gasteiger partial charge < -0.3 is 0 Å². The van der Waals surface area contributed by atoms with Gasteiger partial charge in [0.25, 0.3) is 10.0 Å². The zero-order valence-corrected chi connectivity index (χ0v) is 16.8. The van der Waals surface area contributed by atoms with Gasteiger partial charge in [-0.2, -0.15) is 13.5 Å². The Bertz CT molecular complexity index is 784. The maximum absolute atomic E-state index is 12.6. The number of fused-ring (bicyclic) bond motifs is 1. The van der Waals surface area contributed by atoms with Crippen LogP contribution in [0.3, 0.4) is 0 Å². The maximum Gasteiger partial charge on any atom is 0.276 e. The van der Waals surface area contributed by atoms with E-state index in [0.717, 1.165) is 24.1 Å². The summed E-state index contributed by atoms with van der Waals surface area (Å²) in [4.78, 5) is 2.78.